The van der Waals surface area contributed by atoms with Gasteiger partial charge >= 0.3 is 18.1 Å². The van der Waals surface area contributed by atoms with E-state index in [-0.39, 0.29) is 60.1 Å². The van der Waals surface area contributed by atoms with Gasteiger partial charge in [0, 0.05) is 56.0 Å². The highest BCUT2D eigenvalue weighted by atomic mass is 19.4. The molecule has 18 heteroatoms. The zero-order chi connectivity index (χ0) is 42.1. The van der Waals surface area contributed by atoms with Crippen molar-refractivity contribution in [2.75, 3.05) is 13.1 Å². The SMILES string of the molecule is CC(C)[C@H](NC(=O)CCCCCN1C(=O)C=CC1=O)C(=O)C[C@@H](C)C(=O)N[C@@H](CCCCNC(=O)C1CC[C@H](N)C1)C(=O)OC(C)(C)C.O=C(O)C(F)(F)F. The first-order valence-corrected chi connectivity index (χ1v) is 18.6. The van der Waals surface area contributed by atoms with Gasteiger partial charge in [0.15, 0.2) is 5.78 Å². The molecule has 6 N–H and O–H groups in total. The number of carboxylic acid groups (broad SMARTS) is 1. The Hall–Kier alpha value is -4.35. The third-order valence-electron chi connectivity index (χ3n) is 8.78. The maximum atomic E-state index is 13.2. The van der Waals surface area contributed by atoms with Gasteiger partial charge in [-0.1, -0.05) is 27.2 Å². The number of imide groups is 1. The van der Waals surface area contributed by atoms with Gasteiger partial charge < -0.3 is 31.5 Å². The monoisotopic (exact) mass is 789 g/mol. The number of ketones is 1. The van der Waals surface area contributed by atoms with Gasteiger partial charge in [-0.3, -0.25) is 33.7 Å². The summed E-state index contributed by atoms with van der Waals surface area (Å²) < 4.78 is 37.3. The second kappa shape index (κ2) is 22.9. The number of nitrogens with one attached hydrogen (secondary N) is 3. The molecule has 1 heterocycles. The molecular formula is C37H58F3N5O10. The Bertz CT molecular complexity index is 1380. The van der Waals surface area contributed by atoms with Gasteiger partial charge in [-0.05, 0) is 78.1 Å². The van der Waals surface area contributed by atoms with E-state index in [0.29, 0.717) is 58.0 Å². The fourth-order valence-electron chi connectivity index (χ4n) is 5.79. The van der Waals surface area contributed by atoms with Crippen LogP contribution in [0.2, 0.25) is 0 Å². The molecule has 1 saturated carbocycles. The van der Waals surface area contributed by atoms with Crippen molar-refractivity contribution in [2.45, 2.75) is 142 Å². The van der Waals surface area contributed by atoms with Crippen molar-refractivity contribution in [3.8, 4) is 0 Å². The van der Waals surface area contributed by atoms with Crippen LogP contribution in [0, 0.1) is 17.8 Å². The Morgan fingerprint density at radius 1 is 0.927 bits per heavy atom. The highest BCUT2D eigenvalue weighted by Crippen LogP contribution is 2.24. The molecule has 0 bridgehead atoms. The minimum atomic E-state index is -5.08. The molecule has 5 atom stereocenters. The van der Waals surface area contributed by atoms with Crippen molar-refractivity contribution in [1.82, 2.24) is 20.9 Å². The number of carboxylic acids is 1. The van der Waals surface area contributed by atoms with E-state index < -0.39 is 47.6 Å². The van der Waals surface area contributed by atoms with E-state index in [1.54, 1.807) is 27.7 Å². The van der Waals surface area contributed by atoms with Crippen LogP contribution in [-0.2, 0) is 43.1 Å². The fraction of sp³-hybridized carbons (Fsp3) is 0.730. The molecule has 0 radical (unpaired) electrons. The molecule has 5 amide bonds. The summed E-state index contributed by atoms with van der Waals surface area (Å²) in [6.07, 6.45) is 2.97. The standard InChI is InChI=1S/C35H57N5O8.C2HF3O2/c1-22(2)31(39-28(42)13-8-7-11-19-40-29(43)16-17-30(40)44)27(41)20-23(3)32(45)38-26(34(47)48-35(4,5)6)12-9-10-18-37-33(46)24-14-15-25(36)21-24;3-2(4,5)1(6)7/h16-17,22-26,31H,7-15,18-21,36H2,1-6H3,(H,37,46)(H,38,45)(H,39,42);(H,6,7)/t23-,24?,25+,26+,31+;/m1./s1. The molecule has 2 rings (SSSR count). The molecule has 1 fully saturated rings. The molecule has 0 aromatic heterocycles. The topological polar surface area (TPSA) is 231 Å². The molecule has 312 valence electrons. The third-order valence-corrected chi connectivity index (χ3v) is 8.78. The van der Waals surface area contributed by atoms with E-state index in [2.05, 4.69) is 16.0 Å². The van der Waals surface area contributed by atoms with Crippen molar-refractivity contribution >= 4 is 47.3 Å². The molecule has 55 heavy (non-hydrogen) atoms. The summed E-state index contributed by atoms with van der Waals surface area (Å²) in [6.45, 7) is 11.2. The summed E-state index contributed by atoms with van der Waals surface area (Å²) in [4.78, 5) is 97.8. The average molecular weight is 790 g/mol. The predicted octanol–water partition coefficient (Wildman–Crippen LogP) is 3.08. The minimum absolute atomic E-state index is 0.00214. The van der Waals surface area contributed by atoms with Crippen molar-refractivity contribution in [1.29, 1.82) is 0 Å². The summed E-state index contributed by atoms with van der Waals surface area (Å²) in [7, 11) is 0. The maximum absolute atomic E-state index is 13.2. The van der Waals surface area contributed by atoms with Gasteiger partial charge in [-0.2, -0.15) is 13.2 Å². The van der Waals surface area contributed by atoms with Crippen LogP contribution in [0.4, 0.5) is 13.2 Å². The Labute approximate surface area is 320 Å². The lowest BCUT2D eigenvalue weighted by Gasteiger charge is -2.26. The predicted molar refractivity (Wildman–Crippen MR) is 194 cm³/mol. The van der Waals surface area contributed by atoms with Crippen LogP contribution in [-0.4, -0.2) is 100 Å². The van der Waals surface area contributed by atoms with Crippen LogP contribution < -0.4 is 21.7 Å². The number of aliphatic carboxylic acids is 1. The largest absolute Gasteiger partial charge is 0.490 e. The number of hydrogen-bond donors (Lipinski definition) is 5. The van der Waals surface area contributed by atoms with Gasteiger partial charge in [0.2, 0.25) is 17.7 Å². The molecule has 0 aromatic carbocycles. The number of alkyl halides is 3. The number of halogens is 3. The Balaban J connectivity index is 0.00000196. The Kier molecular flexibility index (Phi) is 20.3. The fourth-order valence-corrected chi connectivity index (χ4v) is 5.79. The summed E-state index contributed by atoms with van der Waals surface area (Å²) in [5, 5.41) is 15.6. The minimum Gasteiger partial charge on any atom is -0.475 e. The number of unbranched alkanes of at least 4 members (excludes halogenated alkanes) is 3. The van der Waals surface area contributed by atoms with Crippen molar-refractivity contribution in [3.05, 3.63) is 12.2 Å². The number of hydrogen-bond acceptors (Lipinski definition) is 10. The highest BCUT2D eigenvalue weighted by molar-refractivity contribution is 6.12. The second-order valence-corrected chi connectivity index (χ2v) is 15.3. The molecule has 15 nitrogen and oxygen atoms in total. The normalized spacial score (nSPS) is 18.6. The summed E-state index contributed by atoms with van der Waals surface area (Å²) in [6, 6.07) is -1.63. The lowest BCUT2D eigenvalue weighted by Crippen LogP contribution is -2.48. The van der Waals surface area contributed by atoms with Crippen LogP contribution in [0.25, 0.3) is 0 Å². The highest BCUT2D eigenvalue weighted by Gasteiger charge is 2.38. The van der Waals surface area contributed by atoms with Crippen LogP contribution >= 0.6 is 0 Å². The van der Waals surface area contributed by atoms with E-state index in [1.165, 1.54) is 12.2 Å². The molecule has 1 aliphatic carbocycles. The summed E-state index contributed by atoms with van der Waals surface area (Å²) in [5.74, 6) is -6.06. The van der Waals surface area contributed by atoms with Crippen LogP contribution in [0.15, 0.2) is 12.2 Å². The lowest BCUT2D eigenvalue weighted by atomic mass is 9.92. The molecule has 1 unspecified atom stereocenters. The first-order valence-electron chi connectivity index (χ1n) is 18.6. The number of ether oxygens (including phenoxy) is 1. The second-order valence-electron chi connectivity index (χ2n) is 15.3. The average Bonchev–Trinajstić information content (AvgIpc) is 3.65. The smallest absolute Gasteiger partial charge is 0.475 e. The maximum Gasteiger partial charge on any atom is 0.490 e. The molecule has 0 aromatic rings. The number of Topliss-reactive ketones (excluding diaryl/α,β-unsaturated/α-hetero) is 1. The molecule has 1 aliphatic heterocycles. The van der Waals surface area contributed by atoms with Crippen molar-refractivity contribution < 1.29 is 61.4 Å². The van der Waals surface area contributed by atoms with Gasteiger partial charge in [0.1, 0.15) is 11.6 Å². The molecule has 2 aliphatic rings. The van der Waals surface area contributed by atoms with E-state index in [4.69, 9.17) is 20.4 Å². The number of rotatable bonds is 20. The number of nitrogens with zero attached hydrogens (tertiary/aromatic N) is 1. The zero-order valence-corrected chi connectivity index (χ0v) is 32.6. The quantitative estimate of drug-likeness (QED) is 0.0684. The first kappa shape index (κ1) is 48.7. The number of nitrogens with two attached hydrogens (primary N) is 1. The van der Waals surface area contributed by atoms with E-state index in [1.807, 2.05) is 13.8 Å². The van der Waals surface area contributed by atoms with Crippen molar-refractivity contribution in [3.63, 3.8) is 0 Å². The van der Waals surface area contributed by atoms with Crippen LogP contribution in [0.3, 0.4) is 0 Å². The Morgan fingerprint density at radius 3 is 2.04 bits per heavy atom. The van der Waals surface area contributed by atoms with Crippen LogP contribution in [0.5, 0.6) is 0 Å². The van der Waals surface area contributed by atoms with E-state index >= 15 is 0 Å². The molecule has 0 saturated heterocycles. The summed E-state index contributed by atoms with van der Waals surface area (Å²) >= 11 is 0. The van der Waals surface area contributed by atoms with Gasteiger partial charge in [-0.15, -0.1) is 0 Å². The number of carbonyl (C=O) groups excluding carboxylic acids is 7. The Morgan fingerprint density at radius 2 is 1.53 bits per heavy atom. The lowest BCUT2D eigenvalue weighted by molar-refractivity contribution is -0.192. The number of esters is 1. The zero-order valence-electron chi connectivity index (χ0n) is 32.6. The number of amides is 5. The summed E-state index contributed by atoms with van der Waals surface area (Å²) in [5.41, 5.74) is 5.15. The van der Waals surface area contributed by atoms with Gasteiger partial charge in [0.05, 0.1) is 6.04 Å². The van der Waals surface area contributed by atoms with Gasteiger partial charge in [-0.25, -0.2) is 9.59 Å². The van der Waals surface area contributed by atoms with Crippen molar-refractivity contribution in [2.24, 2.45) is 23.5 Å². The van der Waals surface area contributed by atoms with Crippen LogP contribution in [0.1, 0.15) is 112 Å². The van der Waals surface area contributed by atoms with E-state index in [9.17, 15) is 46.7 Å². The number of carbonyl (C=O) groups is 8. The molecule has 0 spiro atoms. The molecular weight excluding hydrogens is 731 g/mol. The van der Waals surface area contributed by atoms with E-state index in [0.717, 1.165) is 17.7 Å². The third kappa shape index (κ3) is 19.2. The first-order chi connectivity index (χ1) is 25.4. The van der Waals surface area contributed by atoms with Gasteiger partial charge in [0.25, 0.3) is 11.8 Å².